The Morgan fingerprint density at radius 2 is 1.80 bits per heavy atom. The molecule has 0 saturated carbocycles. The van der Waals surface area contributed by atoms with Gasteiger partial charge in [-0.1, -0.05) is 18.2 Å². The maximum Gasteiger partial charge on any atom is 0.254 e. The zero-order valence-corrected chi connectivity index (χ0v) is 17.4. The minimum absolute atomic E-state index is 0.0174. The standard InChI is InChI=1S/C25H28FN3O/c1-28-20-10-11-21(28)15-22(14-20)29(25(30)17-6-8-19(26)9-7-17)13-12-18-16-27-24-5-3-2-4-23(18)24/h2-9,16,20-22,27H,10-15H2,1H3/t20-,21+,22?. The molecule has 1 amide bonds. The smallest absolute Gasteiger partial charge is 0.254 e. The Morgan fingerprint density at radius 3 is 2.53 bits per heavy atom. The maximum atomic E-state index is 13.5. The number of carbonyl (C=O) groups excluding carboxylic acids is 1. The Labute approximate surface area is 176 Å². The van der Waals surface area contributed by atoms with Gasteiger partial charge in [0.25, 0.3) is 5.91 Å². The molecular weight excluding hydrogens is 377 g/mol. The molecule has 2 saturated heterocycles. The van der Waals surface area contributed by atoms with E-state index >= 15 is 0 Å². The number of halogens is 1. The van der Waals surface area contributed by atoms with Crippen molar-refractivity contribution in [2.24, 2.45) is 0 Å². The van der Waals surface area contributed by atoms with Gasteiger partial charge in [-0.2, -0.15) is 0 Å². The molecule has 2 aliphatic heterocycles. The first kappa shape index (κ1) is 19.3. The van der Waals surface area contributed by atoms with Crippen molar-refractivity contribution < 1.29 is 9.18 Å². The van der Waals surface area contributed by atoms with E-state index in [-0.39, 0.29) is 17.8 Å². The monoisotopic (exact) mass is 405 g/mol. The number of carbonyl (C=O) groups is 1. The van der Waals surface area contributed by atoms with Crippen molar-refractivity contribution in [2.45, 2.75) is 50.2 Å². The minimum Gasteiger partial charge on any atom is -0.361 e. The highest BCUT2D eigenvalue weighted by molar-refractivity contribution is 5.94. The third-order valence-corrected chi connectivity index (χ3v) is 7.16. The summed E-state index contributed by atoms with van der Waals surface area (Å²) < 4.78 is 13.4. The van der Waals surface area contributed by atoms with E-state index in [1.807, 2.05) is 6.07 Å². The van der Waals surface area contributed by atoms with Crippen LogP contribution in [-0.4, -0.2) is 52.4 Å². The number of nitrogens with one attached hydrogen (secondary N) is 1. The molecule has 1 N–H and O–H groups in total. The van der Waals surface area contributed by atoms with Crippen molar-refractivity contribution in [1.82, 2.24) is 14.8 Å². The second-order valence-corrected chi connectivity index (χ2v) is 8.79. The van der Waals surface area contributed by atoms with Crippen LogP contribution in [-0.2, 0) is 6.42 Å². The molecule has 156 valence electrons. The van der Waals surface area contributed by atoms with Crippen molar-refractivity contribution in [3.63, 3.8) is 0 Å². The molecule has 3 aromatic rings. The van der Waals surface area contributed by atoms with Crippen LogP contribution in [0.25, 0.3) is 10.9 Å². The third-order valence-electron chi connectivity index (χ3n) is 7.16. The van der Waals surface area contributed by atoms with Gasteiger partial charge in [0.2, 0.25) is 0 Å². The van der Waals surface area contributed by atoms with Crippen molar-refractivity contribution in [2.75, 3.05) is 13.6 Å². The van der Waals surface area contributed by atoms with Gasteiger partial charge < -0.3 is 14.8 Å². The molecule has 1 unspecified atom stereocenters. The predicted molar refractivity (Wildman–Crippen MR) is 117 cm³/mol. The third kappa shape index (κ3) is 3.52. The van der Waals surface area contributed by atoms with Crippen LogP contribution in [0.4, 0.5) is 4.39 Å². The van der Waals surface area contributed by atoms with Gasteiger partial charge in [-0.05, 0) is 75.0 Å². The summed E-state index contributed by atoms with van der Waals surface area (Å²) in [7, 11) is 2.22. The van der Waals surface area contributed by atoms with Gasteiger partial charge in [-0.25, -0.2) is 4.39 Å². The summed E-state index contributed by atoms with van der Waals surface area (Å²) in [6.45, 7) is 0.672. The first-order valence-electron chi connectivity index (χ1n) is 10.9. The topological polar surface area (TPSA) is 39.3 Å². The second kappa shape index (κ2) is 7.88. The SMILES string of the molecule is CN1[C@@H]2CC[C@H]1CC(N(CCc1c[nH]c3ccccc13)C(=O)c1ccc(F)cc1)C2. The molecule has 30 heavy (non-hydrogen) atoms. The largest absolute Gasteiger partial charge is 0.361 e. The van der Waals surface area contributed by atoms with Crippen LogP contribution in [0.3, 0.4) is 0 Å². The number of benzene rings is 2. The Hall–Kier alpha value is -2.66. The molecule has 5 heteroatoms. The average Bonchev–Trinajstić information content (AvgIpc) is 3.24. The number of para-hydroxylation sites is 1. The summed E-state index contributed by atoms with van der Waals surface area (Å²) in [5.74, 6) is -0.293. The second-order valence-electron chi connectivity index (χ2n) is 8.79. The molecule has 2 aliphatic rings. The average molecular weight is 406 g/mol. The molecular formula is C25H28FN3O. The van der Waals surface area contributed by atoms with Crippen LogP contribution in [0.1, 0.15) is 41.6 Å². The quantitative estimate of drug-likeness (QED) is 0.673. The van der Waals surface area contributed by atoms with Crippen LogP contribution < -0.4 is 0 Å². The number of fused-ring (bicyclic) bond motifs is 3. The number of rotatable bonds is 5. The van der Waals surface area contributed by atoms with E-state index in [0.29, 0.717) is 24.2 Å². The number of aromatic nitrogens is 1. The number of nitrogens with zero attached hydrogens (tertiary/aromatic N) is 2. The predicted octanol–water partition coefficient (Wildman–Crippen LogP) is 4.62. The maximum absolute atomic E-state index is 13.5. The summed E-state index contributed by atoms with van der Waals surface area (Å²) in [5, 5.41) is 1.22. The zero-order chi connectivity index (χ0) is 20.7. The van der Waals surface area contributed by atoms with E-state index in [2.05, 4.69) is 46.2 Å². The molecule has 2 bridgehead atoms. The van der Waals surface area contributed by atoms with Crippen molar-refractivity contribution >= 4 is 16.8 Å². The summed E-state index contributed by atoms with van der Waals surface area (Å²) in [5.41, 5.74) is 2.93. The van der Waals surface area contributed by atoms with E-state index < -0.39 is 0 Å². The number of hydrogen-bond donors (Lipinski definition) is 1. The summed E-state index contributed by atoms with van der Waals surface area (Å²) in [6.07, 6.45) is 7.35. The van der Waals surface area contributed by atoms with Gasteiger partial charge >= 0.3 is 0 Å². The van der Waals surface area contributed by atoms with Crippen molar-refractivity contribution in [3.05, 3.63) is 71.7 Å². The highest BCUT2D eigenvalue weighted by Gasteiger charge is 2.41. The summed E-state index contributed by atoms with van der Waals surface area (Å²) >= 11 is 0. The summed E-state index contributed by atoms with van der Waals surface area (Å²) in [6, 6.07) is 15.6. The van der Waals surface area contributed by atoms with Gasteiger partial charge in [0.15, 0.2) is 0 Å². The lowest BCUT2D eigenvalue weighted by Crippen LogP contribution is -2.51. The number of H-pyrrole nitrogens is 1. The first-order valence-corrected chi connectivity index (χ1v) is 10.9. The van der Waals surface area contributed by atoms with Crippen LogP contribution >= 0.6 is 0 Å². The van der Waals surface area contributed by atoms with Crippen LogP contribution in [0.15, 0.2) is 54.7 Å². The number of hydrogen-bond acceptors (Lipinski definition) is 2. The lowest BCUT2D eigenvalue weighted by molar-refractivity contribution is 0.0488. The Kier molecular flexibility index (Phi) is 5.07. The van der Waals surface area contributed by atoms with Crippen molar-refractivity contribution in [3.8, 4) is 0 Å². The Morgan fingerprint density at radius 1 is 1.10 bits per heavy atom. The van der Waals surface area contributed by atoms with Gasteiger partial charge in [0, 0.05) is 47.3 Å². The Balaban J connectivity index is 1.40. The highest BCUT2D eigenvalue weighted by atomic mass is 19.1. The van der Waals surface area contributed by atoms with Crippen LogP contribution in [0.5, 0.6) is 0 Å². The number of piperidine rings is 1. The van der Waals surface area contributed by atoms with E-state index in [1.54, 1.807) is 12.1 Å². The number of aromatic amines is 1. The molecule has 0 radical (unpaired) electrons. The molecule has 3 atom stereocenters. The summed E-state index contributed by atoms with van der Waals surface area (Å²) in [4.78, 5) is 21.4. The van der Waals surface area contributed by atoms with Crippen LogP contribution in [0, 0.1) is 5.82 Å². The zero-order valence-electron chi connectivity index (χ0n) is 17.4. The molecule has 0 spiro atoms. The highest BCUT2D eigenvalue weighted by Crippen LogP contribution is 2.37. The first-order chi connectivity index (χ1) is 14.6. The molecule has 3 heterocycles. The molecule has 5 rings (SSSR count). The fourth-order valence-corrected chi connectivity index (χ4v) is 5.42. The van der Waals surface area contributed by atoms with Crippen molar-refractivity contribution in [1.29, 1.82) is 0 Å². The van der Waals surface area contributed by atoms with Gasteiger partial charge in [-0.15, -0.1) is 0 Å². The molecule has 0 aliphatic carbocycles. The number of amides is 1. The molecule has 4 nitrogen and oxygen atoms in total. The van der Waals surface area contributed by atoms with Crippen LogP contribution in [0.2, 0.25) is 0 Å². The fraction of sp³-hybridized carbons (Fsp3) is 0.400. The lowest BCUT2D eigenvalue weighted by Gasteiger charge is -2.42. The fourth-order valence-electron chi connectivity index (χ4n) is 5.42. The Bertz CT molecular complexity index is 1030. The van der Waals surface area contributed by atoms with E-state index in [4.69, 9.17) is 0 Å². The molecule has 1 aromatic heterocycles. The van der Waals surface area contributed by atoms with E-state index in [9.17, 15) is 9.18 Å². The lowest BCUT2D eigenvalue weighted by atomic mass is 9.95. The van der Waals surface area contributed by atoms with Gasteiger partial charge in [-0.3, -0.25) is 4.79 Å². The minimum atomic E-state index is -0.311. The van der Waals surface area contributed by atoms with E-state index in [1.165, 1.54) is 35.9 Å². The van der Waals surface area contributed by atoms with E-state index in [0.717, 1.165) is 24.8 Å². The van der Waals surface area contributed by atoms with Gasteiger partial charge in [0.05, 0.1) is 0 Å². The molecule has 2 fully saturated rings. The molecule has 2 aromatic carbocycles. The van der Waals surface area contributed by atoms with Gasteiger partial charge in [0.1, 0.15) is 5.82 Å². The normalized spacial score (nSPS) is 23.7.